The summed E-state index contributed by atoms with van der Waals surface area (Å²) in [5.74, 6) is 0. The number of allylic oxidation sites excluding steroid dienone is 8. The third-order valence-electron chi connectivity index (χ3n) is 2.42. The van der Waals surface area contributed by atoms with Crippen LogP contribution in [-0.2, 0) is 24.2 Å². The van der Waals surface area contributed by atoms with E-state index in [0.29, 0.717) is 0 Å². The molecule has 0 aromatic heterocycles. The summed E-state index contributed by atoms with van der Waals surface area (Å²) in [6.45, 7) is 6.45. The molecule has 0 saturated carbocycles. The second-order valence-corrected chi connectivity index (χ2v) is 6.61. The fraction of sp³-hybridized carbons (Fsp3) is 0.400. The Bertz CT molecular complexity index is 383. The second-order valence-electron chi connectivity index (χ2n) is 4.15. The maximum Gasteiger partial charge on any atom is -1.00 e. The molecular weight excluding hydrogens is 342 g/mol. The van der Waals surface area contributed by atoms with E-state index in [4.69, 9.17) is 0 Å². The van der Waals surface area contributed by atoms with Gasteiger partial charge in [0.15, 0.2) is 0 Å². The Balaban J connectivity index is 0. The standard InChI is InChI=1S/C12H13.C3H6.2ClH.Zr/c1-2-10-8-5-9-12(10)11-6-3-4-7-11;1-3-2;;;/h3-4,6,9H,2,5,7H2,1H3;1-2H3;2*1H;/q-1;;;;+2/p-2. The van der Waals surface area contributed by atoms with Gasteiger partial charge in [-0.3, -0.25) is 6.08 Å². The first-order chi connectivity index (χ1) is 7.65. The van der Waals surface area contributed by atoms with Gasteiger partial charge in [0.2, 0.25) is 0 Å². The van der Waals surface area contributed by atoms with Crippen LogP contribution in [-0.4, -0.2) is 3.21 Å². The number of hydrogen-bond acceptors (Lipinski definition) is 0. The first-order valence-electron chi connectivity index (χ1n) is 5.83. The molecule has 2 aliphatic carbocycles. The van der Waals surface area contributed by atoms with Crippen molar-refractivity contribution in [3.8, 4) is 0 Å². The van der Waals surface area contributed by atoms with Crippen LogP contribution in [0.15, 0.2) is 41.0 Å². The minimum absolute atomic E-state index is 0. The second kappa shape index (κ2) is 11.1. The number of rotatable bonds is 2. The molecule has 0 bridgehead atoms. The number of halogens is 2. The van der Waals surface area contributed by atoms with Crippen LogP contribution >= 0.6 is 0 Å². The molecule has 0 radical (unpaired) electrons. The summed E-state index contributed by atoms with van der Waals surface area (Å²) < 4.78 is 1.51. The Morgan fingerprint density at radius 2 is 1.94 bits per heavy atom. The average Bonchev–Trinajstić information content (AvgIpc) is 2.87. The van der Waals surface area contributed by atoms with Crippen molar-refractivity contribution in [1.82, 2.24) is 0 Å². The third kappa shape index (κ3) is 7.02. The third-order valence-corrected chi connectivity index (χ3v) is 2.42. The fourth-order valence-corrected chi connectivity index (χ4v) is 1.78. The van der Waals surface area contributed by atoms with E-state index >= 15 is 0 Å². The van der Waals surface area contributed by atoms with Crippen LogP contribution in [0.1, 0.15) is 40.0 Å². The van der Waals surface area contributed by atoms with Crippen LogP contribution in [0.4, 0.5) is 0 Å². The van der Waals surface area contributed by atoms with Crippen molar-refractivity contribution in [3.05, 3.63) is 47.1 Å². The molecule has 0 saturated heterocycles. The topological polar surface area (TPSA) is 0 Å². The predicted octanol–water partition coefficient (Wildman–Crippen LogP) is -1.90. The van der Waals surface area contributed by atoms with Crippen LogP contribution < -0.4 is 24.8 Å². The molecule has 0 nitrogen and oxygen atoms in total. The maximum absolute atomic E-state index is 3.39. The van der Waals surface area contributed by atoms with E-state index in [1.165, 1.54) is 19.9 Å². The van der Waals surface area contributed by atoms with Gasteiger partial charge >= 0.3 is 41.3 Å². The van der Waals surface area contributed by atoms with Gasteiger partial charge in [0, 0.05) is 0 Å². The van der Waals surface area contributed by atoms with Gasteiger partial charge < -0.3 is 24.8 Å². The quantitative estimate of drug-likeness (QED) is 0.504. The summed E-state index contributed by atoms with van der Waals surface area (Å²) in [4.78, 5) is 0. The summed E-state index contributed by atoms with van der Waals surface area (Å²) in [5, 5.41) is 0. The van der Waals surface area contributed by atoms with Gasteiger partial charge in [-0.05, 0) is 6.42 Å². The normalized spacial score (nSPS) is 15.5. The molecular formula is C15H19Cl2Zr-. The zero-order valence-electron chi connectivity index (χ0n) is 11.2. The summed E-state index contributed by atoms with van der Waals surface area (Å²) in [6.07, 6.45) is 15.5. The smallest absolute Gasteiger partial charge is 1.00 e. The van der Waals surface area contributed by atoms with Crippen LogP contribution in [0.5, 0.6) is 0 Å². The van der Waals surface area contributed by atoms with Crippen molar-refractivity contribution >= 4 is 3.21 Å². The molecule has 0 fully saturated rings. The SMILES string of the molecule is CCC1=[C-]CC=C1C1=CC=CC1.C[C](C)=[Zr+2].[Cl-].[Cl-]. The Morgan fingerprint density at radius 3 is 2.39 bits per heavy atom. The zero-order chi connectivity index (χ0) is 12.0. The van der Waals surface area contributed by atoms with Gasteiger partial charge in [-0.25, -0.2) is 5.57 Å². The summed E-state index contributed by atoms with van der Waals surface area (Å²) >= 11 is 1.55. The fourth-order valence-electron chi connectivity index (χ4n) is 1.78. The Labute approximate surface area is 138 Å². The first-order valence-corrected chi connectivity index (χ1v) is 7.06. The van der Waals surface area contributed by atoms with Crippen molar-refractivity contribution in [2.24, 2.45) is 0 Å². The molecule has 0 N–H and O–H groups in total. The molecule has 3 heteroatoms. The van der Waals surface area contributed by atoms with Crippen molar-refractivity contribution in [2.45, 2.75) is 40.0 Å². The monoisotopic (exact) mass is 359 g/mol. The van der Waals surface area contributed by atoms with Gasteiger partial charge in [-0.15, -0.1) is 12.0 Å². The van der Waals surface area contributed by atoms with E-state index in [0.717, 1.165) is 19.3 Å². The van der Waals surface area contributed by atoms with Gasteiger partial charge in [0.1, 0.15) is 0 Å². The van der Waals surface area contributed by atoms with Crippen LogP contribution in [0, 0.1) is 6.08 Å². The van der Waals surface area contributed by atoms with E-state index < -0.39 is 0 Å². The molecule has 0 aliphatic heterocycles. The van der Waals surface area contributed by atoms with Gasteiger partial charge in [-0.2, -0.15) is 11.6 Å². The predicted molar refractivity (Wildman–Crippen MR) is 67.9 cm³/mol. The molecule has 0 aromatic rings. The minimum atomic E-state index is 0. The molecule has 0 spiro atoms. The van der Waals surface area contributed by atoms with Crippen LogP contribution in [0.2, 0.25) is 0 Å². The minimum Gasteiger partial charge on any atom is -1.00 e. The molecule has 0 aromatic carbocycles. The van der Waals surface area contributed by atoms with Crippen molar-refractivity contribution in [2.75, 3.05) is 0 Å². The molecule has 2 aliphatic rings. The van der Waals surface area contributed by atoms with E-state index in [1.54, 1.807) is 24.2 Å². The Morgan fingerprint density at radius 1 is 1.33 bits per heavy atom. The maximum atomic E-state index is 3.39. The average molecular weight is 361 g/mol. The number of hydrogen-bond donors (Lipinski definition) is 0. The van der Waals surface area contributed by atoms with Gasteiger partial charge in [0.25, 0.3) is 0 Å². The van der Waals surface area contributed by atoms with E-state index in [9.17, 15) is 0 Å². The first kappa shape index (κ1) is 20.6. The zero-order valence-corrected chi connectivity index (χ0v) is 15.2. The molecule has 0 amide bonds. The summed E-state index contributed by atoms with van der Waals surface area (Å²) in [6, 6.07) is 0. The summed E-state index contributed by atoms with van der Waals surface area (Å²) in [5.41, 5.74) is 4.32. The molecule has 98 valence electrons. The molecule has 2 rings (SSSR count). The van der Waals surface area contributed by atoms with E-state index in [1.807, 2.05) is 0 Å². The van der Waals surface area contributed by atoms with Gasteiger partial charge in [-0.1, -0.05) is 31.6 Å². The largest absolute Gasteiger partial charge is 1.00 e. The van der Waals surface area contributed by atoms with Crippen LogP contribution in [0.25, 0.3) is 0 Å². The van der Waals surface area contributed by atoms with E-state index in [-0.39, 0.29) is 24.8 Å². The summed E-state index contributed by atoms with van der Waals surface area (Å²) in [7, 11) is 0. The van der Waals surface area contributed by atoms with Crippen molar-refractivity contribution in [1.29, 1.82) is 0 Å². The van der Waals surface area contributed by atoms with Crippen LogP contribution in [0.3, 0.4) is 0 Å². The van der Waals surface area contributed by atoms with Crippen molar-refractivity contribution < 1.29 is 49.0 Å². The Hall–Kier alpha value is 0.293. The molecule has 0 atom stereocenters. The van der Waals surface area contributed by atoms with E-state index in [2.05, 4.69) is 51.2 Å². The molecule has 0 heterocycles. The van der Waals surface area contributed by atoms with Crippen molar-refractivity contribution in [3.63, 3.8) is 0 Å². The Kier molecular flexibility index (Phi) is 12.8. The van der Waals surface area contributed by atoms with Gasteiger partial charge in [0.05, 0.1) is 0 Å². The molecule has 0 unspecified atom stereocenters. The molecule has 18 heavy (non-hydrogen) atoms.